The fourth-order valence-electron chi connectivity index (χ4n) is 1.46. The van der Waals surface area contributed by atoms with Crippen LogP contribution in [0.1, 0.15) is 0 Å². The average Bonchev–Trinajstić information content (AvgIpc) is 2.74. The highest BCUT2D eigenvalue weighted by Crippen LogP contribution is 2.14. The van der Waals surface area contributed by atoms with Crippen LogP contribution in [0.5, 0.6) is 0 Å². The van der Waals surface area contributed by atoms with E-state index in [-0.39, 0.29) is 0 Å². The van der Waals surface area contributed by atoms with E-state index in [2.05, 4.69) is 20.5 Å². The van der Waals surface area contributed by atoms with Crippen LogP contribution in [0.4, 0.5) is 0 Å². The van der Waals surface area contributed by atoms with E-state index < -0.39 is 0 Å². The van der Waals surface area contributed by atoms with Crippen LogP contribution in [0.2, 0.25) is 5.15 Å². The van der Waals surface area contributed by atoms with Crippen LogP contribution < -0.4 is 0 Å². The summed E-state index contributed by atoms with van der Waals surface area (Å²) in [5, 5.41) is 16.1. The van der Waals surface area contributed by atoms with Gasteiger partial charge in [0, 0.05) is 0 Å². The third-order valence-electron chi connectivity index (χ3n) is 2.19. The van der Waals surface area contributed by atoms with E-state index in [0.717, 1.165) is 11.0 Å². The van der Waals surface area contributed by atoms with Gasteiger partial charge in [-0.25, -0.2) is 0 Å². The zero-order valence-corrected chi connectivity index (χ0v) is 8.83. The molecule has 0 spiro atoms. The fraction of sp³-hybridized carbons (Fsp3) is 0. The third kappa shape index (κ3) is 1.42. The first-order valence-corrected chi connectivity index (χ1v) is 5.02. The van der Waals surface area contributed by atoms with Gasteiger partial charge in [0.05, 0.1) is 5.52 Å². The van der Waals surface area contributed by atoms with Crippen LogP contribution >= 0.6 is 11.6 Å². The lowest BCUT2D eigenvalue weighted by Crippen LogP contribution is -2.00. The lowest BCUT2D eigenvalue weighted by Gasteiger charge is -1.98. The van der Waals surface area contributed by atoms with Gasteiger partial charge in [0.1, 0.15) is 5.52 Å². The molecule has 2 heterocycles. The van der Waals surface area contributed by atoms with E-state index in [0.29, 0.717) is 11.0 Å². The van der Waals surface area contributed by atoms with Crippen LogP contribution in [0.3, 0.4) is 0 Å². The van der Waals surface area contributed by atoms with Gasteiger partial charge in [-0.1, -0.05) is 28.9 Å². The zero-order chi connectivity index (χ0) is 11.0. The number of aromatic nitrogens is 5. The maximum atomic E-state index is 5.67. The second kappa shape index (κ2) is 3.53. The monoisotopic (exact) mass is 231 g/mol. The predicted molar refractivity (Wildman–Crippen MR) is 59.5 cm³/mol. The molecule has 0 saturated carbocycles. The summed E-state index contributed by atoms with van der Waals surface area (Å²) in [7, 11) is 0. The lowest BCUT2D eigenvalue weighted by atomic mass is 10.3. The highest BCUT2D eigenvalue weighted by molar-refractivity contribution is 6.29. The maximum Gasteiger partial charge on any atom is 0.178 e. The fourth-order valence-corrected chi connectivity index (χ4v) is 1.56. The quantitative estimate of drug-likeness (QED) is 0.642. The standard InChI is InChI=1S/C10H6ClN5/c11-9-5-6-10(14-13-9)16-8-4-2-1-3-7(8)12-15-16/h1-6H. The molecule has 3 aromatic rings. The summed E-state index contributed by atoms with van der Waals surface area (Å²) in [6.07, 6.45) is 0. The minimum atomic E-state index is 0.355. The van der Waals surface area contributed by atoms with Crippen molar-refractivity contribution < 1.29 is 0 Å². The Kier molecular flexibility index (Phi) is 2.04. The summed E-state index contributed by atoms with van der Waals surface area (Å²) in [5.74, 6) is 0.595. The molecule has 0 aliphatic carbocycles. The molecule has 1 aromatic carbocycles. The molecule has 0 N–H and O–H groups in total. The van der Waals surface area contributed by atoms with Crippen LogP contribution in [0, 0.1) is 0 Å². The molecule has 5 nitrogen and oxygen atoms in total. The van der Waals surface area contributed by atoms with Gasteiger partial charge in [0.2, 0.25) is 0 Å². The molecule has 0 fully saturated rings. The molecule has 0 aliphatic heterocycles. The van der Waals surface area contributed by atoms with Gasteiger partial charge >= 0.3 is 0 Å². The van der Waals surface area contributed by atoms with Crippen molar-refractivity contribution in [2.45, 2.75) is 0 Å². The molecule has 0 radical (unpaired) electrons. The molecule has 16 heavy (non-hydrogen) atoms. The van der Waals surface area contributed by atoms with E-state index in [4.69, 9.17) is 11.6 Å². The molecule has 0 aliphatic rings. The van der Waals surface area contributed by atoms with Gasteiger partial charge in [-0.05, 0) is 24.3 Å². The van der Waals surface area contributed by atoms with Crippen molar-refractivity contribution in [2.24, 2.45) is 0 Å². The summed E-state index contributed by atoms with van der Waals surface area (Å²) in [4.78, 5) is 0. The zero-order valence-electron chi connectivity index (χ0n) is 8.08. The summed E-state index contributed by atoms with van der Waals surface area (Å²) in [6.45, 7) is 0. The van der Waals surface area contributed by atoms with Gasteiger partial charge in [0.15, 0.2) is 11.0 Å². The Labute approximate surface area is 95.7 Å². The van der Waals surface area contributed by atoms with Crippen LogP contribution in [-0.2, 0) is 0 Å². The molecule has 2 aromatic heterocycles. The van der Waals surface area contributed by atoms with E-state index >= 15 is 0 Å². The molecule has 78 valence electrons. The van der Waals surface area contributed by atoms with Crippen LogP contribution in [-0.4, -0.2) is 25.2 Å². The normalized spacial score (nSPS) is 10.8. The second-order valence-corrected chi connectivity index (χ2v) is 3.59. The first-order valence-electron chi connectivity index (χ1n) is 4.65. The Hall–Kier alpha value is -2.01. The Morgan fingerprint density at radius 3 is 2.62 bits per heavy atom. The van der Waals surface area contributed by atoms with Gasteiger partial charge in [-0.3, -0.25) is 0 Å². The first-order chi connectivity index (χ1) is 7.84. The molecular formula is C10H6ClN5. The van der Waals surface area contributed by atoms with Crippen molar-refractivity contribution >= 4 is 22.6 Å². The molecule has 0 amide bonds. The highest BCUT2D eigenvalue weighted by Gasteiger charge is 2.06. The number of rotatable bonds is 1. The van der Waals surface area contributed by atoms with E-state index in [9.17, 15) is 0 Å². The first kappa shape index (κ1) is 9.23. The van der Waals surface area contributed by atoms with E-state index in [1.807, 2.05) is 24.3 Å². The molecule has 0 unspecified atom stereocenters. The van der Waals surface area contributed by atoms with Crippen molar-refractivity contribution in [2.75, 3.05) is 0 Å². The van der Waals surface area contributed by atoms with E-state index in [1.165, 1.54) is 0 Å². The number of hydrogen-bond donors (Lipinski definition) is 0. The largest absolute Gasteiger partial charge is 0.193 e. The van der Waals surface area contributed by atoms with Crippen molar-refractivity contribution in [3.63, 3.8) is 0 Å². The Morgan fingerprint density at radius 1 is 0.938 bits per heavy atom. The number of halogens is 1. The Morgan fingerprint density at radius 2 is 1.81 bits per heavy atom. The molecule has 0 atom stereocenters. The highest BCUT2D eigenvalue weighted by atomic mass is 35.5. The molecule has 0 bridgehead atoms. The number of hydrogen-bond acceptors (Lipinski definition) is 4. The van der Waals surface area contributed by atoms with Gasteiger partial charge < -0.3 is 0 Å². The number of benzene rings is 1. The van der Waals surface area contributed by atoms with Crippen molar-refractivity contribution in [3.05, 3.63) is 41.6 Å². The summed E-state index contributed by atoms with van der Waals surface area (Å²) in [5.41, 5.74) is 1.71. The third-order valence-corrected chi connectivity index (χ3v) is 2.39. The minimum Gasteiger partial charge on any atom is -0.193 e. The molecule has 0 saturated heterocycles. The molecule has 6 heteroatoms. The number of para-hydroxylation sites is 1. The van der Waals surface area contributed by atoms with E-state index in [1.54, 1.807) is 16.8 Å². The SMILES string of the molecule is Clc1ccc(-n2nnc3ccccc32)nn1. The topological polar surface area (TPSA) is 56.5 Å². The smallest absolute Gasteiger partial charge is 0.178 e. The average molecular weight is 232 g/mol. The van der Waals surface area contributed by atoms with Crippen molar-refractivity contribution in [1.29, 1.82) is 0 Å². The van der Waals surface area contributed by atoms with Crippen LogP contribution in [0.25, 0.3) is 16.9 Å². The molecular weight excluding hydrogens is 226 g/mol. The number of nitrogens with zero attached hydrogens (tertiary/aromatic N) is 5. The minimum absolute atomic E-state index is 0.355. The van der Waals surface area contributed by atoms with Gasteiger partial charge in [-0.2, -0.15) is 4.68 Å². The maximum absolute atomic E-state index is 5.67. The van der Waals surface area contributed by atoms with Crippen LogP contribution in [0.15, 0.2) is 36.4 Å². The summed E-state index contributed by atoms with van der Waals surface area (Å²) >= 11 is 5.67. The van der Waals surface area contributed by atoms with Gasteiger partial charge in [-0.15, -0.1) is 15.3 Å². The van der Waals surface area contributed by atoms with Crippen molar-refractivity contribution in [1.82, 2.24) is 25.2 Å². The summed E-state index contributed by atoms with van der Waals surface area (Å²) < 4.78 is 1.62. The number of fused-ring (bicyclic) bond motifs is 1. The van der Waals surface area contributed by atoms with Crippen molar-refractivity contribution in [3.8, 4) is 5.82 Å². The van der Waals surface area contributed by atoms with Gasteiger partial charge in [0.25, 0.3) is 0 Å². The molecule has 3 rings (SSSR count). The second-order valence-electron chi connectivity index (χ2n) is 3.20. The Bertz CT molecular complexity index is 631. The Balaban J connectivity index is 2.22. The summed E-state index contributed by atoms with van der Waals surface area (Å²) in [6, 6.07) is 11.1. The lowest BCUT2D eigenvalue weighted by molar-refractivity contribution is 0.781. The predicted octanol–water partition coefficient (Wildman–Crippen LogP) is 1.86.